The van der Waals surface area contributed by atoms with Crippen molar-refractivity contribution in [3.05, 3.63) is 16.7 Å². The normalized spacial score (nSPS) is 12.4. The summed E-state index contributed by atoms with van der Waals surface area (Å²) < 4.78 is 1.88. The summed E-state index contributed by atoms with van der Waals surface area (Å²) in [5, 5.41) is 9.69. The van der Waals surface area contributed by atoms with Crippen molar-refractivity contribution in [2.75, 3.05) is 0 Å². The van der Waals surface area contributed by atoms with Crippen LogP contribution >= 0.6 is 11.6 Å². The second-order valence-electron chi connectivity index (χ2n) is 4.29. The zero-order chi connectivity index (χ0) is 12.8. The first-order valence-electron chi connectivity index (χ1n) is 6.30. The fourth-order valence-corrected chi connectivity index (χ4v) is 2.25. The van der Waals surface area contributed by atoms with Crippen molar-refractivity contribution in [2.24, 2.45) is 0 Å². The van der Waals surface area contributed by atoms with Crippen molar-refractivity contribution < 1.29 is 0 Å². The third-order valence-electron chi connectivity index (χ3n) is 2.81. The lowest BCUT2D eigenvalue weighted by Crippen LogP contribution is -2.08. The van der Waals surface area contributed by atoms with Gasteiger partial charge in [-0.15, -0.1) is 0 Å². The summed E-state index contributed by atoms with van der Waals surface area (Å²) in [6, 6.07) is 1.99. The molecule has 0 spiro atoms. The number of unbranched alkanes of at least 4 members (excludes halogenated alkanes) is 1. The zero-order valence-corrected chi connectivity index (χ0v) is 11.6. The van der Waals surface area contributed by atoms with Gasteiger partial charge in [0.15, 0.2) is 0 Å². The molecule has 1 heterocycles. The van der Waals surface area contributed by atoms with Crippen LogP contribution in [0.25, 0.3) is 0 Å². The van der Waals surface area contributed by atoms with Gasteiger partial charge in [0.05, 0.1) is 11.8 Å². The van der Waals surface area contributed by atoms with Gasteiger partial charge in [-0.2, -0.15) is 5.26 Å². The molecule has 3 nitrogen and oxygen atoms in total. The van der Waals surface area contributed by atoms with Gasteiger partial charge in [-0.05, 0) is 19.8 Å². The fraction of sp³-hybridized carbons (Fsp3) is 0.692. The van der Waals surface area contributed by atoms with E-state index in [0.717, 1.165) is 43.6 Å². The van der Waals surface area contributed by atoms with Gasteiger partial charge in [0.25, 0.3) is 0 Å². The van der Waals surface area contributed by atoms with E-state index in [2.05, 4.69) is 24.9 Å². The molecule has 1 aromatic rings. The van der Waals surface area contributed by atoms with Crippen LogP contribution in [-0.2, 0) is 12.8 Å². The monoisotopic (exact) mass is 253 g/mol. The zero-order valence-electron chi connectivity index (χ0n) is 10.8. The molecule has 0 aliphatic rings. The highest BCUT2D eigenvalue weighted by molar-refractivity contribution is 6.30. The Morgan fingerprint density at radius 3 is 2.59 bits per heavy atom. The number of aryl methyl sites for hydroxylation is 2. The number of aromatic nitrogens is 2. The topological polar surface area (TPSA) is 41.6 Å². The largest absolute Gasteiger partial charge is 0.302 e. The molecule has 1 aromatic heterocycles. The van der Waals surface area contributed by atoms with Crippen LogP contribution in [0.1, 0.15) is 57.6 Å². The van der Waals surface area contributed by atoms with Crippen LogP contribution in [0.2, 0.25) is 5.15 Å². The molecule has 1 atom stereocenters. The number of rotatable bonds is 6. The molecule has 0 fully saturated rings. The van der Waals surface area contributed by atoms with Crippen molar-refractivity contribution in [3.63, 3.8) is 0 Å². The van der Waals surface area contributed by atoms with Crippen LogP contribution < -0.4 is 0 Å². The molecule has 0 aliphatic heterocycles. The van der Waals surface area contributed by atoms with Gasteiger partial charge >= 0.3 is 0 Å². The lowest BCUT2D eigenvalue weighted by Gasteiger charge is -2.10. The average molecular weight is 254 g/mol. The van der Waals surface area contributed by atoms with E-state index in [-0.39, 0.29) is 6.04 Å². The van der Waals surface area contributed by atoms with E-state index in [1.807, 2.05) is 11.5 Å². The van der Waals surface area contributed by atoms with Gasteiger partial charge in [-0.1, -0.05) is 38.3 Å². The molecule has 0 aromatic carbocycles. The molecule has 1 rings (SSSR count). The minimum Gasteiger partial charge on any atom is -0.302 e. The average Bonchev–Trinajstić information content (AvgIpc) is 2.63. The Labute approximate surface area is 108 Å². The van der Waals surface area contributed by atoms with Gasteiger partial charge in [-0.3, -0.25) is 0 Å². The van der Waals surface area contributed by atoms with Gasteiger partial charge in [0.2, 0.25) is 0 Å². The van der Waals surface area contributed by atoms with E-state index >= 15 is 0 Å². The Balaban J connectivity index is 3.08. The van der Waals surface area contributed by atoms with Crippen molar-refractivity contribution in [3.8, 4) is 6.07 Å². The first-order valence-corrected chi connectivity index (χ1v) is 6.68. The molecule has 0 radical (unpaired) electrons. The third kappa shape index (κ3) is 3.23. The van der Waals surface area contributed by atoms with E-state index in [4.69, 9.17) is 16.9 Å². The number of halogens is 1. The van der Waals surface area contributed by atoms with Crippen LogP contribution in [0, 0.1) is 11.3 Å². The Kier molecular flexibility index (Phi) is 5.50. The van der Waals surface area contributed by atoms with Crippen molar-refractivity contribution in [1.82, 2.24) is 9.55 Å². The SMILES string of the molecule is CCCCc1nc(CCC)c(Cl)n1C(C)C#N. The lowest BCUT2D eigenvalue weighted by atomic mass is 10.2. The summed E-state index contributed by atoms with van der Waals surface area (Å²) in [5.41, 5.74) is 0.933. The molecule has 0 amide bonds. The van der Waals surface area contributed by atoms with Gasteiger partial charge in [0, 0.05) is 6.42 Å². The Morgan fingerprint density at radius 1 is 1.35 bits per heavy atom. The molecule has 0 N–H and O–H groups in total. The first kappa shape index (κ1) is 14.1. The number of hydrogen-bond acceptors (Lipinski definition) is 2. The van der Waals surface area contributed by atoms with Crippen LogP contribution in [0.4, 0.5) is 0 Å². The smallest absolute Gasteiger partial charge is 0.133 e. The predicted molar refractivity (Wildman–Crippen MR) is 70.2 cm³/mol. The third-order valence-corrected chi connectivity index (χ3v) is 3.21. The van der Waals surface area contributed by atoms with Gasteiger partial charge < -0.3 is 4.57 Å². The van der Waals surface area contributed by atoms with Crippen molar-refractivity contribution in [1.29, 1.82) is 5.26 Å². The Hall–Kier alpha value is -1.01. The molecule has 17 heavy (non-hydrogen) atoms. The lowest BCUT2D eigenvalue weighted by molar-refractivity contribution is 0.612. The number of nitrogens with zero attached hydrogens (tertiary/aromatic N) is 3. The van der Waals surface area contributed by atoms with Gasteiger partial charge in [-0.25, -0.2) is 4.98 Å². The molecule has 1 unspecified atom stereocenters. The highest BCUT2D eigenvalue weighted by Crippen LogP contribution is 2.25. The molecule has 94 valence electrons. The maximum absolute atomic E-state index is 9.04. The second kappa shape index (κ2) is 6.66. The molecule has 4 heteroatoms. The molecular weight excluding hydrogens is 234 g/mol. The van der Waals surface area contributed by atoms with Crippen LogP contribution in [0.3, 0.4) is 0 Å². The minimum atomic E-state index is -0.243. The van der Waals surface area contributed by atoms with E-state index < -0.39 is 0 Å². The molecule has 0 aliphatic carbocycles. The highest BCUT2D eigenvalue weighted by atomic mass is 35.5. The molecular formula is C13H20ClN3. The molecule has 0 saturated heterocycles. The summed E-state index contributed by atoms with van der Waals surface area (Å²) in [7, 11) is 0. The minimum absolute atomic E-state index is 0.243. The van der Waals surface area contributed by atoms with E-state index in [1.165, 1.54) is 0 Å². The van der Waals surface area contributed by atoms with Crippen LogP contribution in [0.15, 0.2) is 0 Å². The number of hydrogen-bond donors (Lipinski definition) is 0. The van der Waals surface area contributed by atoms with E-state index in [0.29, 0.717) is 5.15 Å². The maximum Gasteiger partial charge on any atom is 0.133 e. The van der Waals surface area contributed by atoms with Crippen molar-refractivity contribution >= 4 is 11.6 Å². The van der Waals surface area contributed by atoms with E-state index in [9.17, 15) is 0 Å². The summed E-state index contributed by atoms with van der Waals surface area (Å²) in [6.45, 7) is 6.11. The van der Waals surface area contributed by atoms with Crippen LogP contribution in [0.5, 0.6) is 0 Å². The maximum atomic E-state index is 9.04. The number of nitriles is 1. The quantitative estimate of drug-likeness (QED) is 0.771. The summed E-state index contributed by atoms with van der Waals surface area (Å²) in [6.07, 6.45) is 4.99. The first-order chi connectivity index (χ1) is 8.15. The number of imidazole rings is 1. The second-order valence-corrected chi connectivity index (χ2v) is 4.65. The fourth-order valence-electron chi connectivity index (χ4n) is 1.87. The summed E-state index contributed by atoms with van der Waals surface area (Å²) >= 11 is 6.31. The highest BCUT2D eigenvalue weighted by Gasteiger charge is 2.18. The Morgan fingerprint density at radius 2 is 2.06 bits per heavy atom. The summed E-state index contributed by atoms with van der Waals surface area (Å²) in [5.74, 6) is 0.953. The van der Waals surface area contributed by atoms with Crippen molar-refractivity contribution in [2.45, 2.75) is 58.9 Å². The standard InChI is InChI=1S/C13H20ClN3/c1-4-6-8-12-16-11(7-5-2)13(14)17(12)10(3)9-15/h10H,4-8H2,1-3H3. The van der Waals surface area contributed by atoms with Gasteiger partial charge in [0.1, 0.15) is 17.0 Å². The van der Waals surface area contributed by atoms with Crippen LogP contribution in [-0.4, -0.2) is 9.55 Å². The van der Waals surface area contributed by atoms with E-state index in [1.54, 1.807) is 0 Å². The Bertz CT molecular complexity index is 404. The summed E-state index contributed by atoms with van der Waals surface area (Å²) in [4.78, 5) is 4.59. The predicted octanol–water partition coefficient (Wildman–Crippen LogP) is 3.92. The molecule has 0 bridgehead atoms. The molecule has 0 saturated carbocycles.